The summed E-state index contributed by atoms with van der Waals surface area (Å²) in [5.41, 5.74) is 8.06. The van der Waals surface area contributed by atoms with E-state index >= 15 is 0 Å². The van der Waals surface area contributed by atoms with E-state index < -0.39 is 16.1 Å². The van der Waals surface area contributed by atoms with Gasteiger partial charge >= 0.3 is 0 Å². The number of rotatable bonds is 8. The molecule has 3 rings (SSSR count). The highest BCUT2D eigenvalue weighted by Gasteiger charge is 2.23. The van der Waals surface area contributed by atoms with Gasteiger partial charge in [-0.05, 0) is 54.1 Å². The zero-order valence-electron chi connectivity index (χ0n) is 17.2. The minimum atomic E-state index is -3.69. The van der Waals surface area contributed by atoms with E-state index in [4.69, 9.17) is 10.5 Å². The molecule has 0 aliphatic rings. The standard InChI is InChI=1S/C22H24N4O4S/c1-26(31(28,29)20-9-7-19(30-2)8-10-20)15-21(23)16-3-5-17(6-4-16)22(27)25-18-11-13-24-14-12-18/h3-14,21H,15,23H2,1-2H3,(H,24,25,27). The van der Waals surface area contributed by atoms with Crippen LogP contribution in [0.2, 0.25) is 0 Å². The third kappa shape index (κ3) is 5.46. The van der Waals surface area contributed by atoms with Crippen molar-refractivity contribution in [1.29, 1.82) is 0 Å². The summed E-state index contributed by atoms with van der Waals surface area (Å²) in [5.74, 6) is 0.317. The Kier molecular flexibility index (Phi) is 7.01. The van der Waals surface area contributed by atoms with E-state index in [1.54, 1.807) is 60.9 Å². The normalized spacial score (nSPS) is 12.4. The zero-order chi connectivity index (χ0) is 22.4. The van der Waals surface area contributed by atoms with Gasteiger partial charge in [0.25, 0.3) is 5.91 Å². The molecule has 162 valence electrons. The van der Waals surface area contributed by atoms with Crippen LogP contribution in [0.1, 0.15) is 22.0 Å². The zero-order valence-corrected chi connectivity index (χ0v) is 18.0. The number of anilines is 1. The van der Waals surface area contributed by atoms with Gasteiger partial charge in [-0.15, -0.1) is 0 Å². The number of methoxy groups -OCH3 is 1. The monoisotopic (exact) mass is 440 g/mol. The lowest BCUT2D eigenvalue weighted by Gasteiger charge is -2.22. The number of benzene rings is 2. The van der Waals surface area contributed by atoms with E-state index in [0.717, 1.165) is 5.56 Å². The van der Waals surface area contributed by atoms with Crippen LogP contribution in [0.4, 0.5) is 5.69 Å². The Labute approximate surface area is 181 Å². The molecule has 1 aromatic heterocycles. The number of sulfonamides is 1. The van der Waals surface area contributed by atoms with Crippen molar-refractivity contribution in [1.82, 2.24) is 9.29 Å². The maximum Gasteiger partial charge on any atom is 0.255 e. The lowest BCUT2D eigenvalue weighted by atomic mass is 10.1. The van der Waals surface area contributed by atoms with Gasteiger partial charge in [0.15, 0.2) is 0 Å². The molecule has 0 radical (unpaired) electrons. The van der Waals surface area contributed by atoms with Crippen molar-refractivity contribution < 1.29 is 17.9 Å². The molecule has 2 aromatic carbocycles. The number of nitrogens with zero attached hydrogens (tertiary/aromatic N) is 2. The third-order valence-electron chi connectivity index (χ3n) is 4.76. The molecule has 1 amide bonds. The van der Waals surface area contributed by atoms with E-state index in [1.165, 1.54) is 30.6 Å². The fourth-order valence-electron chi connectivity index (χ4n) is 2.93. The van der Waals surface area contributed by atoms with Crippen LogP contribution in [0.5, 0.6) is 5.75 Å². The van der Waals surface area contributed by atoms with Gasteiger partial charge in [0.1, 0.15) is 5.75 Å². The number of likely N-dealkylation sites (N-methyl/N-ethyl adjacent to an activating group) is 1. The summed E-state index contributed by atoms with van der Waals surface area (Å²) in [6.07, 6.45) is 3.18. The minimum absolute atomic E-state index is 0.0803. The van der Waals surface area contributed by atoms with Crippen molar-refractivity contribution in [3.63, 3.8) is 0 Å². The summed E-state index contributed by atoms with van der Waals surface area (Å²) in [6, 6.07) is 15.8. The van der Waals surface area contributed by atoms with E-state index in [1.807, 2.05) is 0 Å². The first-order valence-electron chi connectivity index (χ1n) is 9.48. The van der Waals surface area contributed by atoms with Crippen LogP contribution >= 0.6 is 0 Å². The number of aromatic nitrogens is 1. The summed E-state index contributed by atoms with van der Waals surface area (Å²) < 4.78 is 31.9. The molecular weight excluding hydrogens is 416 g/mol. The Morgan fingerprint density at radius 1 is 1.06 bits per heavy atom. The number of carbonyl (C=O) groups is 1. The van der Waals surface area contributed by atoms with Gasteiger partial charge < -0.3 is 15.8 Å². The van der Waals surface area contributed by atoms with Gasteiger partial charge in [0.2, 0.25) is 10.0 Å². The summed E-state index contributed by atoms with van der Waals surface area (Å²) in [5, 5.41) is 2.78. The van der Waals surface area contributed by atoms with Crippen LogP contribution in [0.15, 0.2) is 78.0 Å². The molecule has 0 saturated heterocycles. The number of pyridine rings is 1. The van der Waals surface area contributed by atoms with Crippen LogP contribution in [0.25, 0.3) is 0 Å². The largest absolute Gasteiger partial charge is 0.497 e. The highest BCUT2D eigenvalue weighted by molar-refractivity contribution is 7.89. The fraction of sp³-hybridized carbons (Fsp3) is 0.182. The molecule has 3 aromatic rings. The number of hydrogen-bond donors (Lipinski definition) is 2. The summed E-state index contributed by atoms with van der Waals surface area (Å²) in [4.78, 5) is 16.4. The first kappa shape index (κ1) is 22.4. The molecule has 9 heteroatoms. The van der Waals surface area contributed by atoms with Crippen LogP contribution in [0.3, 0.4) is 0 Å². The molecular formula is C22H24N4O4S. The Bertz CT molecular complexity index is 1120. The van der Waals surface area contributed by atoms with Gasteiger partial charge in [-0.1, -0.05) is 12.1 Å². The molecule has 0 fully saturated rings. The van der Waals surface area contributed by atoms with Crippen molar-refractivity contribution >= 4 is 21.6 Å². The van der Waals surface area contributed by atoms with Crippen molar-refractivity contribution in [3.05, 3.63) is 84.2 Å². The molecule has 31 heavy (non-hydrogen) atoms. The molecule has 1 heterocycles. The Hall–Kier alpha value is -3.27. The maximum atomic E-state index is 12.8. The van der Waals surface area contributed by atoms with Gasteiger partial charge in [-0.3, -0.25) is 9.78 Å². The smallest absolute Gasteiger partial charge is 0.255 e. The van der Waals surface area contributed by atoms with Crippen molar-refractivity contribution in [3.8, 4) is 5.75 Å². The molecule has 0 aliphatic carbocycles. The number of nitrogens with two attached hydrogens (primary N) is 1. The number of ether oxygens (including phenoxy) is 1. The second kappa shape index (κ2) is 9.69. The highest BCUT2D eigenvalue weighted by atomic mass is 32.2. The number of nitrogens with one attached hydrogen (secondary N) is 1. The highest BCUT2D eigenvalue weighted by Crippen LogP contribution is 2.21. The predicted molar refractivity (Wildman–Crippen MR) is 118 cm³/mol. The summed E-state index contributed by atoms with van der Waals surface area (Å²) in [7, 11) is -0.696. The first-order chi connectivity index (χ1) is 14.8. The van der Waals surface area contributed by atoms with Crippen LogP contribution in [-0.4, -0.2) is 44.3 Å². The van der Waals surface area contributed by atoms with E-state index in [0.29, 0.717) is 17.0 Å². The third-order valence-corrected chi connectivity index (χ3v) is 6.60. The van der Waals surface area contributed by atoms with Crippen molar-refractivity contribution in [2.45, 2.75) is 10.9 Å². The Morgan fingerprint density at radius 2 is 1.68 bits per heavy atom. The second-order valence-electron chi connectivity index (χ2n) is 6.88. The van der Waals surface area contributed by atoms with Gasteiger partial charge in [0, 0.05) is 43.3 Å². The Morgan fingerprint density at radius 3 is 2.26 bits per heavy atom. The number of amides is 1. The SMILES string of the molecule is COc1ccc(S(=O)(=O)N(C)CC(N)c2ccc(C(=O)Nc3ccncc3)cc2)cc1. The molecule has 0 saturated carbocycles. The number of carbonyl (C=O) groups excluding carboxylic acids is 1. The van der Waals surface area contributed by atoms with Crippen LogP contribution in [0, 0.1) is 0 Å². The fourth-order valence-corrected chi connectivity index (χ4v) is 4.13. The van der Waals surface area contributed by atoms with Gasteiger partial charge in [-0.25, -0.2) is 8.42 Å². The lowest BCUT2D eigenvalue weighted by Crippen LogP contribution is -2.34. The first-order valence-corrected chi connectivity index (χ1v) is 10.9. The average molecular weight is 441 g/mol. The van der Waals surface area contributed by atoms with Gasteiger partial charge in [0.05, 0.1) is 12.0 Å². The van der Waals surface area contributed by atoms with Crippen LogP contribution < -0.4 is 15.8 Å². The second-order valence-corrected chi connectivity index (χ2v) is 8.92. The van der Waals surface area contributed by atoms with Crippen molar-refractivity contribution in [2.75, 3.05) is 26.0 Å². The summed E-state index contributed by atoms with van der Waals surface area (Å²) in [6.45, 7) is 0.0803. The number of hydrogen-bond acceptors (Lipinski definition) is 6. The van der Waals surface area contributed by atoms with E-state index in [-0.39, 0.29) is 17.3 Å². The lowest BCUT2D eigenvalue weighted by molar-refractivity contribution is 0.102. The van der Waals surface area contributed by atoms with E-state index in [2.05, 4.69) is 10.3 Å². The molecule has 0 bridgehead atoms. The molecule has 0 aliphatic heterocycles. The molecule has 8 nitrogen and oxygen atoms in total. The van der Waals surface area contributed by atoms with Gasteiger partial charge in [-0.2, -0.15) is 4.31 Å². The van der Waals surface area contributed by atoms with Crippen LogP contribution in [-0.2, 0) is 10.0 Å². The molecule has 0 spiro atoms. The predicted octanol–water partition coefficient (Wildman–Crippen LogP) is 2.66. The summed E-state index contributed by atoms with van der Waals surface area (Å²) >= 11 is 0. The topological polar surface area (TPSA) is 115 Å². The molecule has 1 atom stereocenters. The molecule has 1 unspecified atom stereocenters. The Balaban J connectivity index is 1.65. The van der Waals surface area contributed by atoms with E-state index in [9.17, 15) is 13.2 Å². The molecule has 3 N–H and O–H groups in total. The maximum absolute atomic E-state index is 12.8. The average Bonchev–Trinajstić information content (AvgIpc) is 2.79. The minimum Gasteiger partial charge on any atom is -0.497 e. The quantitative estimate of drug-likeness (QED) is 0.557. The van der Waals surface area contributed by atoms with Crippen molar-refractivity contribution in [2.24, 2.45) is 5.73 Å².